The number of phenols is 1. The summed E-state index contributed by atoms with van der Waals surface area (Å²) in [5, 5.41) is 10.5. The van der Waals surface area contributed by atoms with Gasteiger partial charge < -0.3 is 20.5 Å². The standard InChI is InChI=1S/C23H20F2N2O3/c24-22(25)16-11-19(28)21(20(12-16)30-13-14-4-2-1-3-5-14)23(29)27-9-8-15-10-17(26)6-7-18(15)27/h1-7,10-12,22,28H,8-9,13,26H2. The SMILES string of the molecule is Nc1ccc2c(c1)CCN2C(=O)c1c(O)cc(C(F)F)cc1OCc1ccccc1. The number of halogens is 2. The van der Waals surface area contributed by atoms with Crippen LogP contribution in [0.15, 0.2) is 60.7 Å². The normalized spacial score (nSPS) is 12.8. The van der Waals surface area contributed by atoms with Crippen LogP contribution < -0.4 is 15.4 Å². The molecule has 0 saturated heterocycles. The molecule has 0 aliphatic carbocycles. The summed E-state index contributed by atoms with van der Waals surface area (Å²) in [7, 11) is 0. The Hall–Kier alpha value is -3.61. The molecule has 154 valence electrons. The maximum absolute atomic E-state index is 13.3. The van der Waals surface area contributed by atoms with E-state index in [2.05, 4.69) is 0 Å². The maximum atomic E-state index is 13.3. The number of fused-ring (bicyclic) bond motifs is 1. The summed E-state index contributed by atoms with van der Waals surface area (Å²) in [4.78, 5) is 14.8. The van der Waals surface area contributed by atoms with Crippen LogP contribution in [0, 0.1) is 0 Å². The Morgan fingerprint density at radius 1 is 1.13 bits per heavy atom. The Kier molecular flexibility index (Phi) is 5.27. The molecule has 1 heterocycles. The molecule has 3 aromatic carbocycles. The Morgan fingerprint density at radius 2 is 1.90 bits per heavy atom. The monoisotopic (exact) mass is 410 g/mol. The number of carbonyl (C=O) groups excluding carboxylic acids is 1. The van der Waals surface area contributed by atoms with Crippen LogP contribution in [-0.4, -0.2) is 17.6 Å². The third kappa shape index (κ3) is 3.78. The quantitative estimate of drug-likeness (QED) is 0.598. The third-order valence-electron chi connectivity index (χ3n) is 5.05. The van der Waals surface area contributed by atoms with E-state index in [1.54, 1.807) is 18.2 Å². The molecule has 30 heavy (non-hydrogen) atoms. The highest BCUT2D eigenvalue weighted by atomic mass is 19.3. The summed E-state index contributed by atoms with van der Waals surface area (Å²) in [5.74, 6) is -1.13. The summed E-state index contributed by atoms with van der Waals surface area (Å²) in [6.07, 6.45) is -2.20. The van der Waals surface area contributed by atoms with Gasteiger partial charge in [0.1, 0.15) is 23.7 Å². The van der Waals surface area contributed by atoms with Crippen molar-refractivity contribution in [1.29, 1.82) is 0 Å². The molecule has 1 amide bonds. The van der Waals surface area contributed by atoms with Crippen molar-refractivity contribution in [3.8, 4) is 11.5 Å². The van der Waals surface area contributed by atoms with Crippen molar-refractivity contribution in [3.63, 3.8) is 0 Å². The second-order valence-electron chi connectivity index (χ2n) is 7.08. The fourth-order valence-corrected chi connectivity index (χ4v) is 3.58. The van der Waals surface area contributed by atoms with Crippen LogP contribution in [0.2, 0.25) is 0 Å². The Labute approximate surface area is 172 Å². The van der Waals surface area contributed by atoms with Crippen molar-refractivity contribution in [2.45, 2.75) is 19.5 Å². The van der Waals surface area contributed by atoms with Gasteiger partial charge in [-0.1, -0.05) is 30.3 Å². The fraction of sp³-hybridized carbons (Fsp3) is 0.174. The van der Waals surface area contributed by atoms with Gasteiger partial charge in [0.05, 0.1) is 0 Å². The molecule has 0 aromatic heterocycles. The number of phenolic OH excluding ortho intramolecular Hbond substituents is 1. The number of nitrogens with two attached hydrogens (primary N) is 1. The summed E-state index contributed by atoms with van der Waals surface area (Å²) in [5.41, 5.74) is 8.26. The van der Waals surface area contributed by atoms with Crippen molar-refractivity contribution in [2.24, 2.45) is 0 Å². The van der Waals surface area contributed by atoms with E-state index < -0.39 is 23.6 Å². The largest absolute Gasteiger partial charge is 0.507 e. The molecule has 1 aliphatic heterocycles. The first-order valence-electron chi connectivity index (χ1n) is 9.46. The zero-order valence-electron chi connectivity index (χ0n) is 16.0. The van der Waals surface area contributed by atoms with Crippen LogP contribution in [0.1, 0.15) is 33.5 Å². The number of nitrogen functional groups attached to an aromatic ring is 1. The molecule has 3 N–H and O–H groups in total. The lowest BCUT2D eigenvalue weighted by Crippen LogP contribution is -2.29. The minimum Gasteiger partial charge on any atom is -0.507 e. The first kappa shape index (κ1) is 19.7. The van der Waals surface area contributed by atoms with Gasteiger partial charge >= 0.3 is 0 Å². The third-order valence-corrected chi connectivity index (χ3v) is 5.05. The highest BCUT2D eigenvalue weighted by Crippen LogP contribution is 2.38. The van der Waals surface area contributed by atoms with Gasteiger partial charge in [-0.05, 0) is 47.9 Å². The molecule has 0 radical (unpaired) electrons. The van der Waals surface area contributed by atoms with E-state index in [9.17, 15) is 18.7 Å². The molecule has 5 nitrogen and oxygen atoms in total. The number of amides is 1. The van der Waals surface area contributed by atoms with Crippen LogP contribution in [0.4, 0.5) is 20.2 Å². The minimum absolute atomic E-state index is 0.0698. The predicted molar refractivity (Wildman–Crippen MR) is 110 cm³/mol. The lowest BCUT2D eigenvalue weighted by molar-refractivity contribution is 0.0981. The topological polar surface area (TPSA) is 75.8 Å². The zero-order valence-corrected chi connectivity index (χ0v) is 16.0. The maximum Gasteiger partial charge on any atom is 0.265 e. The molecule has 0 bridgehead atoms. The molecule has 0 spiro atoms. The number of nitrogens with zero attached hydrogens (tertiary/aromatic N) is 1. The summed E-state index contributed by atoms with van der Waals surface area (Å²) in [6, 6.07) is 16.4. The lowest BCUT2D eigenvalue weighted by Gasteiger charge is -2.21. The molecule has 0 unspecified atom stereocenters. The molecule has 7 heteroatoms. The Bertz CT molecular complexity index is 1090. The second kappa shape index (κ2) is 8.02. The summed E-state index contributed by atoms with van der Waals surface area (Å²) < 4.78 is 32.3. The number of benzene rings is 3. The van der Waals surface area contributed by atoms with Gasteiger partial charge in [-0.15, -0.1) is 0 Å². The Balaban J connectivity index is 1.70. The highest BCUT2D eigenvalue weighted by molar-refractivity contribution is 6.10. The van der Waals surface area contributed by atoms with Gasteiger partial charge in [-0.3, -0.25) is 4.79 Å². The molecule has 0 saturated carbocycles. The van der Waals surface area contributed by atoms with Crippen LogP contribution in [0.3, 0.4) is 0 Å². The van der Waals surface area contributed by atoms with Crippen molar-refractivity contribution < 1.29 is 23.4 Å². The highest BCUT2D eigenvalue weighted by Gasteiger charge is 2.30. The number of ether oxygens (including phenoxy) is 1. The number of aromatic hydroxyl groups is 1. The van der Waals surface area contributed by atoms with Gasteiger partial charge in [0.25, 0.3) is 12.3 Å². The Morgan fingerprint density at radius 3 is 2.63 bits per heavy atom. The van der Waals surface area contributed by atoms with E-state index in [4.69, 9.17) is 10.5 Å². The zero-order chi connectivity index (χ0) is 21.3. The predicted octanol–water partition coefficient (Wildman–Crippen LogP) is 4.69. The van der Waals surface area contributed by atoms with E-state index in [0.29, 0.717) is 24.3 Å². The van der Waals surface area contributed by atoms with Crippen molar-refractivity contribution >= 4 is 17.3 Å². The van der Waals surface area contributed by atoms with E-state index in [-0.39, 0.29) is 17.9 Å². The molecular weight excluding hydrogens is 390 g/mol. The van der Waals surface area contributed by atoms with Gasteiger partial charge in [0.2, 0.25) is 0 Å². The first-order valence-corrected chi connectivity index (χ1v) is 9.46. The number of hydrogen-bond donors (Lipinski definition) is 2. The van der Waals surface area contributed by atoms with Crippen LogP contribution in [-0.2, 0) is 13.0 Å². The summed E-state index contributed by atoms with van der Waals surface area (Å²) in [6.45, 7) is 0.464. The molecule has 1 aliphatic rings. The number of alkyl halides is 2. The molecule has 3 aromatic rings. The van der Waals surface area contributed by atoms with Crippen LogP contribution in [0.25, 0.3) is 0 Å². The van der Waals surface area contributed by atoms with Gasteiger partial charge in [0, 0.05) is 23.5 Å². The molecule has 0 atom stereocenters. The number of anilines is 2. The van der Waals surface area contributed by atoms with E-state index >= 15 is 0 Å². The average molecular weight is 410 g/mol. The molecule has 4 rings (SSSR count). The van der Waals surface area contributed by atoms with E-state index in [1.807, 2.05) is 30.3 Å². The number of hydrogen-bond acceptors (Lipinski definition) is 4. The molecular formula is C23H20F2N2O3. The van der Waals surface area contributed by atoms with Crippen LogP contribution in [0.5, 0.6) is 11.5 Å². The van der Waals surface area contributed by atoms with Crippen molar-refractivity contribution in [1.82, 2.24) is 0 Å². The second-order valence-corrected chi connectivity index (χ2v) is 7.08. The van der Waals surface area contributed by atoms with E-state index in [1.165, 1.54) is 4.90 Å². The van der Waals surface area contributed by atoms with Crippen LogP contribution >= 0.6 is 0 Å². The van der Waals surface area contributed by atoms with E-state index in [0.717, 1.165) is 23.3 Å². The van der Waals surface area contributed by atoms with Crippen molar-refractivity contribution in [3.05, 3.63) is 82.9 Å². The van der Waals surface area contributed by atoms with Crippen molar-refractivity contribution in [2.75, 3.05) is 17.2 Å². The molecule has 0 fully saturated rings. The fourth-order valence-electron chi connectivity index (χ4n) is 3.58. The summed E-state index contributed by atoms with van der Waals surface area (Å²) >= 11 is 0. The van der Waals surface area contributed by atoms with Gasteiger partial charge in [-0.25, -0.2) is 8.78 Å². The number of rotatable bonds is 5. The first-order chi connectivity index (χ1) is 14.4. The minimum atomic E-state index is -2.81. The average Bonchev–Trinajstić information content (AvgIpc) is 3.15. The van der Waals surface area contributed by atoms with Gasteiger partial charge in [-0.2, -0.15) is 0 Å². The lowest BCUT2D eigenvalue weighted by atomic mass is 10.1. The van der Waals surface area contributed by atoms with Gasteiger partial charge in [0.15, 0.2) is 0 Å². The number of carbonyl (C=O) groups is 1. The smallest absolute Gasteiger partial charge is 0.265 e.